The predicted molar refractivity (Wildman–Crippen MR) is 141 cm³/mol. The van der Waals surface area contributed by atoms with E-state index in [1.54, 1.807) is 42.5 Å². The van der Waals surface area contributed by atoms with Gasteiger partial charge < -0.3 is 14.8 Å². The fourth-order valence-electron chi connectivity index (χ4n) is 4.53. The number of rotatable bonds is 7. The van der Waals surface area contributed by atoms with Crippen LogP contribution < -0.4 is 14.4 Å². The molecule has 1 atom stereocenters. The fourth-order valence-corrected chi connectivity index (χ4v) is 6.02. The minimum atomic E-state index is -3.88. The van der Waals surface area contributed by atoms with E-state index in [9.17, 15) is 13.2 Å². The second-order valence-electron chi connectivity index (χ2n) is 9.35. The van der Waals surface area contributed by atoms with Crippen LogP contribution in [0.3, 0.4) is 0 Å². The number of sulfonamides is 1. The van der Waals surface area contributed by atoms with Gasteiger partial charge in [0, 0.05) is 26.2 Å². The minimum absolute atomic E-state index is 0.113. The number of anilines is 1. The number of carbonyl (C=O) groups excluding carboxylic acids is 1. The van der Waals surface area contributed by atoms with E-state index >= 15 is 0 Å². The first kappa shape index (κ1) is 25.3. The third kappa shape index (κ3) is 5.79. The zero-order valence-corrected chi connectivity index (χ0v) is 21.6. The van der Waals surface area contributed by atoms with Crippen LogP contribution in [0.15, 0.2) is 77.7 Å². The van der Waals surface area contributed by atoms with Crippen LogP contribution in [0, 0.1) is 6.92 Å². The molecule has 194 valence electrons. The van der Waals surface area contributed by atoms with Gasteiger partial charge in [-0.15, -0.1) is 0 Å². The van der Waals surface area contributed by atoms with Crippen LogP contribution in [-0.4, -0.2) is 58.2 Å². The number of nitrogens with zero attached hydrogens (tertiary/aromatic N) is 2. The van der Waals surface area contributed by atoms with Gasteiger partial charge in [0.25, 0.3) is 15.9 Å². The van der Waals surface area contributed by atoms with E-state index in [4.69, 9.17) is 9.47 Å². The quantitative estimate of drug-likeness (QED) is 0.514. The summed E-state index contributed by atoms with van der Waals surface area (Å²) in [7, 11) is -3.88. The summed E-state index contributed by atoms with van der Waals surface area (Å²) in [6.45, 7) is 6.36. The van der Waals surface area contributed by atoms with Crippen molar-refractivity contribution in [3.63, 3.8) is 0 Å². The zero-order chi connectivity index (χ0) is 25.8. The van der Waals surface area contributed by atoms with Gasteiger partial charge in [-0.1, -0.05) is 48.5 Å². The molecule has 2 aliphatic rings. The number of ether oxygens (including phenoxy) is 2. The highest BCUT2D eigenvalue weighted by Gasteiger charge is 2.37. The molecule has 0 saturated carbocycles. The second-order valence-corrected chi connectivity index (χ2v) is 11.2. The number of fused-ring (bicyclic) bond motifs is 1. The van der Waals surface area contributed by atoms with E-state index in [1.165, 1.54) is 9.87 Å². The fraction of sp³-hybridized carbons (Fsp3) is 0.321. The third-order valence-corrected chi connectivity index (χ3v) is 8.40. The zero-order valence-electron chi connectivity index (χ0n) is 20.8. The molecule has 1 unspecified atom stereocenters. The van der Waals surface area contributed by atoms with E-state index in [-0.39, 0.29) is 17.3 Å². The maximum Gasteiger partial charge on any atom is 0.264 e. The van der Waals surface area contributed by atoms with Crippen LogP contribution in [0.5, 0.6) is 5.75 Å². The number of amides is 1. The van der Waals surface area contributed by atoms with Gasteiger partial charge in [0.1, 0.15) is 5.75 Å². The van der Waals surface area contributed by atoms with Crippen molar-refractivity contribution in [3.8, 4) is 5.75 Å². The van der Waals surface area contributed by atoms with E-state index in [2.05, 4.69) is 22.3 Å². The Hall–Kier alpha value is -3.40. The maximum atomic E-state index is 13.5. The topological polar surface area (TPSA) is 88.2 Å². The average molecular weight is 522 g/mol. The first-order chi connectivity index (χ1) is 17.9. The van der Waals surface area contributed by atoms with E-state index < -0.39 is 16.1 Å². The molecule has 1 fully saturated rings. The van der Waals surface area contributed by atoms with Gasteiger partial charge in [0.05, 0.1) is 30.3 Å². The van der Waals surface area contributed by atoms with Crippen LogP contribution in [0.1, 0.15) is 16.7 Å². The predicted octanol–water partition coefficient (Wildman–Crippen LogP) is 3.10. The highest BCUT2D eigenvalue weighted by atomic mass is 32.2. The Morgan fingerprint density at radius 1 is 0.973 bits per heavy atom. The Balaban J connectivity index is 1.27. The summed E-state index contributed by atoms with van der Waals surface area (Å²) in [5, 5.41) is 2.91. The summed E-state index contributed by atoms with van der Waals surface area (Å²) in [6.07, 6.45) is -0.978. The molecule has 37 heavy (non-hydrogen) atoms. The normalized spacial score (nSPS) is 18.1. The summed E-state index contributed by atoms with van der Waals surface area (Å²) in [4.78, 5) is 15.6. The molecule has 1 saturated heterocycles. The lowest BCUT2D eigenvalue weighted by atomic mass is 10.1. The molecule has 5 rings (SSSR count). The van der Waals surface area contributed by atoms with Crippen molar-refractivity contribution in [1.82, 2.24) is 10.2 Å². The van der Waals surface area contributed by atoms with Gasteiger partial charge >= 0.3 is 0 Å². The molecule has 0 radical (unpaired) electrons. The van der Waals surface area contributed by atoms with Gasteiger partial charge in [-0.05, 0) is 47.9 Å². The van der Waals surface area contributed by atoms with E-state index in [1.807, 2.05) is 25.1 Å². The molecule has 0 aliphatic carbocycles. The number of morpholine rings is 1. The molecule has 2 aliphatic heterocycles. The molecule has 9 heteroatoms. The third-order valence-electron chi connectivity index (χ3n) is 6.61. The molecule has 0 bridgehead atoms. The van der Waals surface area contributed by atoms with Crippen molar-refractivity contribution >= 4 is 21.6 Å². The van der Waals surface area contributed by atoms with Crippen LogP contribution in [0.4, 0.5) is 5.69 Å². The largest absolute Gasteiger partial charge is 0.476 e. The monoisotopic (exact) mass is 521 g/mol. The van der Waals surface area contributed by atoms with Crippen LogP contribution in [0.25, 0.3) is 0 Å². The second kappa shape index (κ2) is 10.9. The standard InChI is InChI=1S/C28H31N3O5S/c1-21-7-12-26-25(17-21)31(37(33,34)24-5-3-2-4-6-24)20-27(36-26)28(32)29-18-22-8-10-23(11-9-22)19-30-13-15-35-16-14-30/h2-12,17,27H,13-16,18-20H2,1H3,(H,29,32). The smallest absolute Gasteiger partial charge is 0.264 e. The first-order valence-electron chi connectivity index (χ1n) is 12.4. The molecule has 0 aromatic heterocycles. The number of nitrogens with one attached hydrogen (secondary N) is 1. The summed E-state index contributed by atoms with van der Waals surface area (Å²) < 4.78 is 39.7. The summed E-state index contributed by atoms with van der Waals surface area (Å²) >= 11 is 0. The molecular formula is C28H31N3O5S. The molecule has 1 amide bonds. The molecule has 3 aromatic rings. The minimum Gasteiger partial charge on any atom is -0.476 e. The molecule has 1 N–H and O–H groups in total. The molecular weight excluding hydrogens is 490 g/mol. The molecule has 0 spiro atoms. The van der Waals surface area contributed by atoms with E-state index in [0.29, 0.717) is 18.0 Å². The molecule has 2 heterocycles. The lowest BCUT2D eigenvalue weighted by Crippen LogP contribution is -2.50. The van der Waals surface area contributed by atoms with Gasteiger partial charge in [0.2, 0.25) is 0 Å². The SMILES string of the molecule is Cc1ccc2c(c1)N(S(=O)(=O)c1ccccc1)CC(C(=O)NCc1ccc(CN3CCOCC3)cc1)O2. The Bertz CT molecular complexity index is 1340. The number of benzene rings is 3. The van der Waals surface area contributed by atoms with Gasteiger partial charge in [-0.3, -0.25) is 14.0 Å². The van der Waals surface area contributed by atoms with Crippen LogP contribution >= 0.6 is 0 Å². The van der Waals surface area contributed by atoms with Crippen molar-refractivity contribution in [1.29, 1.82) is 0 Å². The van der Waals surface area contributed by atoms with E-state index in [0.717, 1.165) is 44.0 Å². The summed E-state index contributed by atoms with van der Waals surface area (Å²) in [5.41, 5.74) is 3.50. The molecule has 8 nitrogen and oxygen atoms in total. The Kier molecular flexibility index (Phi) is 7.45. The van der Waals surface area contributed by atoms with Gasteiger partial charge in [-0.2, -0.15) is 0 Å². The lowest BCUT2D eigenvalue weighted by Gasteiger charge is -2.35. The van der Waals surface area contributed by atoms with Crippen molar-refractivity contribution < 1.29 is 22.7 Å². The van der Waals surface area contributed by atoms with Crippen molar-refractivity contribution in [2.75, 3.05) is 37.2 Å². The Morgan fingerprint density at radius 3 is 2.41 bits per heavy atom. The number of hydrogen-bond donors (Lipinski definition) is 1. The molecule has 3 aromatic carbocycles. The lowest BCUT2D eigenvalue weighted by molar-refractivity contribution is -0.127. The first-order valence-corrected chi connectivity index (χ1v) is 13.8. The Morgan fingerprint density at radius 2 is 1.68 bits per heavy atom. The van der Waals surface area contributed by atoms with Crippen molar-refractivity contribution in [3.05, 3.63) is 89.5 Å². The summed E-state index contributed by atoms with van der Waals surface area (Å²) in [5.74, 6) is 0.000789. The average Bonchev–Trinajstić information content (AvgIpc) is 2.93. The van der Waals surface area contributed by atoms with Crippen molar-refractivity contribution in [2.45, 2.75) is 31.0 Å². The van der Waals surface area contributed by atoms with Gasteiger partial charge in [0.15, 0.2) is 6.10 Å². The van der Waals surface area contributed by atoms with Crippen molar-refractivity contribution in [2.24, 2.45) is 0 Å². The highest BCUT2D eigenvalue weighted by Crippen LogP contribution is 2.37. The highest BCUT2D eigenvalue weighted by molar-refractivity contribution is 7.92. The summed E-state index contributed by atoms with van der Waals surface area (Å²) in [6, 6.07) is 21.7. The Labute approximate surface area is 217 Å². The number of hydrogen-bond acceptors (Lipinski definition) is 6. The number of aryl methyl sites for hydroxylation is 1. The van der Waals surface area contributed by atoms with Crippen LogP contribution in [-0.2, 0) is 32.6 Å². The van der Waals surface area contributed by atoms with Gasteiger partial charge in [-0.25, -0.2) is 8.42 Å². The number of carbonyl (C=O) groups is 1. The maximum absolute atomic E-state index is 13.5. The van der Waals surface area contributed by atoms with Crippen LogP contribution in [0.2, 0.25) is 0 Å².